The van der Waals surface area contributed by atoms with Gasteiger partial charge in [0.25, 0.3) is 0 Å². The Bertz CT molecular complexity index is 651. The first-order valence-electron chi connectivity index (χ1n) is 6.88. The van der Waals surface area contributed by atoms with Crippen molar-refractivity contribution < 1.29 is 9.59 Å². The maximum atomic E-state index is 12.2. The molecule has 0 radical (unpaired) electrons. The van der Waals surface area contributed by atoms with Crippen LogP contribution in [0.2, 0.25) is 0 Å². The number of allylic oxidation sites excluding steroid dienone is 2. The van der Waals surface area contributed by atoms with Gasteiger partial charge in [-0.3, -0.25) is 14.5 Å². The smallest absolute Gasteiger partial charge is 0.228 e. The van der Waals surface area contributed by atoms with Crippen molar-refractivity contribution in [2.75, 3.05) is 4.90 Å². The van der Waals surface area contributed by atoms with Crippen molar-refractivity contribution in [3.05, 3.63) is 41.6 Å². The number of carbonyl (C=O) groups is 2. The van der Waals surface area contributed by atoms with E-state index in [2.05, 4.69) is 0 Å². The van der Waals surface area contributed by atoms with Crippen LogP contribution in [0.5, 0.6) is 0 Å². The number of Topliss-reactive ketones (excluding diaryl/α,β-unsaturated/α-hetero) is 1. The van der Waals surface area contributed by atoms with Crippen LogP contribution < -0.4 is 4.90 Å². The first-order valence-corrected chi connectivity index (χ1v) is 6.88. The first-order chi connectivity index (χ1) is 9.85. The van der Waals surface area contributed by atoms with Gasteiger partial charge in [-0.1, -0.05) is 32.0 Å². The Balaban J connectivity index is 2.60. The lowest BCUT2D eigenvalue weighted by atomic mass is 9.75. The molecule has 0 heterocycles. The Morgan fingerprint density at radius 1 is 1.24 bits per heavy atom. The normalized spacial score (nSPS) is 17.3. The number of nitrogens with zero attached hydrogens (tertiary/aromatic N) is 2. The number of ketones is 1. The Morgan fingerprint density at radius 3 is 2.38 bits per heavy atom. The van der Waals surface area contributed by atoms with Gasteiger partial charge in [0.05, 0.1) is 0 Å². The van der Waals surface area contributed by atoms with Crippen LogP contribution in [0.15, 0.2) is 41.6 Å². The summed E-state index contributed by atoms with van der Waals surface area (Å²) in [6, 6.07) is 11.1. The van der Waals surface area contributed by atoms with Crippen molar-refractivity contribution >= 4 is 17.4 Å². The molecule has 0 aromatic heterocycles. The molecular formula is C17H18N2O2. The number of benzene rings is 1. The van der Waals surface area contributed by atoms with E-state index in [1.165, 1.54) is 11.8 Å². The van der Waals surface area contributed by atoms with Crippen molar-refractivity contribution in [3.63, 3.8) is 0 Å². The van der Waals surface area contributed by atoms with E-state index in [0.717, 1.165) is 0 Å². The minimum Gasteiger partial charge on any atom is -0.293 e. The Labute approximate surface area is 124 Å². The van der Waals surface area contributed by atoms with Gasteiger partial charge in [-0.25, -0.2) is 0 Å². The van der Waals surface area contributed by atoms with Crippen LogP contribution in [-0.4, -0.2) is 11.7 Å². The number of carbonyl (C=O) groups excluding carboxylic acids is 2. The predicted molar refractivity (Wildman–Crippen MR) is 80.3 cm³/mol. The van der Waals surface area contributed by atoms with Crippen LogP contribution in [0.4, 0.5) is 5.69 Å². The van der Waals surface area contributed by atoms with Crippen molar-refractivity contribution in [3.8, 4) is 6.07 Å². The van der Waals surface area contributed by atoms with Gasteiger partial charge < -0.3 is 0 Å². The fraction of sp³-hybridized carbons (Fsp3) is 0.353. The highest BCUT2D eigenvalue weighted by Gasteiger charge is 2.36. The minimum absolute atomic E-state index is 0.105. The number of nitriles is 1. The molecule has 1 amide bonds. The number of anilines is 1. The van der Waals surface area contributed by atoms with Crippen molar-refractivity contribution in [2.24, 2.45) is 5.41 Å². The van der Waals surface area contributed by atoms with E-state index < -0.39 is 0 Å². The number of amides is 1. The molecule has 0 atom stereocenters. The predicted octanol–water partition coefficient (Wildman–Crippen LogP) is 3.21. The lowest BCUT2D eigenvalue weighted by Gasteiger charge is -2.35. The van der Waals surface area contributed by atoms with Crippen LogP contribution in [0, 0.1) is 16.7 Å². The monoisotopic (exact) mass is 282 g/mol. The molecule has 0 saturated carbocycles. The molecule has 1 aliphatic carbocycles. The maximum absolute atomic E-state index is 12.2. The molecule has 21 heavy (non-hydrogen) atoms. The summed E-state index contributed by atoms with van der Waals surface area (Å²) >= 11 is 0. The van der Waals surface area contributed by atoms with E-state index in [4.69, 9.17) is 0 Å². The standard InChI is InChI=1S/C17H18N2O2/c1-12(20)19(13-7-5-4-6-8-13)15-9-17(2,3)10-16(21)14(15)11-18/h4-8H,9-10H2,1-3H3. The van der Waals surface area contributed by atoms with Crippen molar-refractivity contribution in [1.82, 2.24) is 0 Å². The third kappa shape index (κ3) is 3.03. The lowest BCUT2D eigenvalue weighted by molar-refractivity contribution is -0.117. The average molecular weight is 282 g/mol. The molecule has 0 N–H and O–H groups in total. The molecule has 0 fully saturated rings. The topological polar surface area (TPSA) is 61.2 Å². The molecule has 1 aromatic rings. The number of rotatable bonds is 2. The van der Waals surface area contributed by atoms with E-state index in [1.807, 2.05) is 38.1 Å². The average Bonchev–Trinajstić information content (AvgIpc) is 2.38. The van der Waals surface area contributed by atoms with E-state index in [9.17, 15) is 14.9 Å². The third-order valence-electron chi connectivity index (χ3n) is 3.56. The highest BCUT2D eigenvalue weighted by atomic mass is 16.2. The zero-order valence-electron chi connectivity index (χ0n) is 12.5. The fourth-order valence-corrected chi connectivity index (χ4v) is 2.71. The molecule has 4 heteroatoms. The summed E-state index contributed by atoms with van der Waals surface area (Å²) in [7, 11) is 0. The maximum Gasteiger partial charge on any atom is 0.228 e. The highest BCUT2D eigenvalue weighted by Crippen LogP contribution is 2.39. The van der Waals surface area contributed by atoms with Crippen molar-refractivity contribution in [1.29, 1.82) is 5.26 Å². The molecule has 0 saturated heterocycles. The third-order valence-corrected chi connectivity index (χ3v) is 3.56. The number of hydrogen-bond donors (Lipinski definition) is 0. The quantitative estimate of drug-likeness (QED) is 0.836. The summed E-state index contributed by atoms with van der Waals surface area (Å²) < 4.78 is 0. The molecular weight excluding hydrogens is 264 g/mol. The minimum atomic E-state index is -0.255. The van der Waals surface area contributed by atoms with Gasteiger partial charge in [0.2, 0.25) is 5.91 Å². The van der Waals surface area contributed by atoms with Gasteiger partial charge in [0, 0.05) is 24.7 Å². The molecule has 4 nitrogen and oxygen atoms in total. The second kappa shape index (κ2) is 5.53. The Hall–Kier alpha value is -2.41. The molecule has 0 unspecified atom stereocenters. The fourth-order valence-electron chi connectivity index (χ4n) is 2.71. The summed E-state index contributed by atoms with van der Waals surface area (Å²) in [5.74, 6) is -0.389. The molecule has 108 valence electrons. The second-order valence-corrected chi connectivity index (χ2v) is 6.06. The van der Waals surface area contributed by atoms with Crippen LogP contribution in [0.25, 0.3) is 0 Å². The zero-order chi connectivity index (χ0) is 15.6. The SMILES string of the molecule is CC(=O)N(C1=C(C#N)C(=O)CC(C)(C)C1)c1ccccc1. The first kappa shape index (κ1) is 15.0. The Morgan fingerprint density at radius 2 is 1.86 bits per heavy atom. The number of hydrogen-bond acceptors (Lipinski definition) is 3. The molecule has 1 aromatic carbocycles. The van der Waals surface area contributed by atoms with Gasteiger partial charge >= 0.3 is 0 Å². The number of para-hydroxylation sites is 1. The lowest BCUT2D eigenvalue weighted by Crippen LogP contribution is -2.36. The summed E-state index contributed by atoms with van der Waals surface area (Å²) in [5.41, 5.74) is 1.04. The Kier molecular flexibility index (Phi) is 3.95. The summed E-state index contributed by atoms with van der Waals surface area (Å²) in [6.45, 7) is 5.39. The van der Waals surface area contributed by atoms with E-state index in [-0.39, 0.29) is 22.7 Å². The van der Waals surface area contributed by atoms with Crippen LogP contribution in [-0.2, 0) is 9.59 Å². The largest absolute Gasteiger partial charge is 0.293 e. The molecule has 1 aliphatic rings. The summed E-state index contributed by atoms with van der Waals surface area (Å²) in [6.07, 6.45) is 0.857. The van der Waals surface area contributed by atoms with Crippen molar-refractivity contribution in [2.45, 2.75) is 33.6 Å². The highest BCUT2D eigenvalue weighted by molar-refractivity contribution is 6.05. The van der Waals surface area contributed by atoms with E-state index in [1.54, 1.807) is 12.1 Å². The van der Waals surface area contributed by atoms with E-state index >= 15 is 0 Å². The molecule has 2 rings (SSSR count). The van der Waals surface area contributed by atoms with Gasteiger partial charge in [0.1, 0.15) is 11.6 Å². The van der Waals surface area contributed by atoms with Gasteiger partial charge in [-0.15, -0.1) is 0 Å². The van der Waals surface area contributed by atoms with Crippen LogP contribution in [0.3, 0.4) is 0 Å². The van der Waals surface area contributed by atoms with E-state index in [0.29, 0.717) is 24.2 Å². The van der Waals surface area contributed by atoms with Gasteiger partial charge in [-0.05, 0) is 24.0 Å². The van der Waals surface area contributed by atoms with Crippen LogP contribution >= 0.6 is 0 Å². The van der Waals surface area contributed by atoms with Gasteiger partial charge in [0.15, 0.2) is 5.78 Å². The summed E-state index contributed by atoms with van der Waals surface area (Å²) in [4.78, 5) is 25.8. The van der Waals surface area contributed by atoms with Gasteiger partial charge in [-0.2, -0.15) is 5.26 Å². The zero-order valence-corrected chi connectivity index (χ0v) is 12.5. The molecule has 0 aliphatic heterocycles. The molecule has 0 spiro atoms. The van der Waals surface area contributed by atoms with Crippen LogP contribution in [0.1, 0.15) is 33.6 Å². The molecule has 0 bridgehead atoms. The summed E-state index contributed by atoms with van der Waals surface area (Å²) in [5, 5.41) is 9.31. The second-order valence-electron chi connectivity index (χ2n) is 6.06.